The van der Waals surface area contributed by atoms with Crippen LogP contribution in [0.2, 0.25) is 0 Å². The minimum Gasteiger partial charge on any atom is -0.328 e. The van der Waals surface area contributed by atoms with E-state index in [0.717, 1.165) is 22.9 Å². The minimum absolute atomic E-state index is 0.278. The van der Waals surface area contributed by atoms with Gasteiger partial charge in [-0.1, -0.05) is 0 Å². The Hall–Kier alpha value is -2.17. The largest absolute Gasteiger partial charge is 0.328 e. The molecular weight excluding hydrogens is 245 g/mol. The van der Waals surface area contributed by atoms with Crippen LogP contribution in [0.5, 0.6) is 0 Å². The fraction of sp³-hybridized carbons (Fsp3) is 0.286. The first-order valence-electron chi connectivity index (χ1n) is 6.07. The fourth-order valence-electron chi connectivity index (χ4n) is 2.73. The van der Waals surface area contributed by atoms with Gasteiger partial charge in [0.2, 0.25) is 0 Å². The second-order valence-electron chi connectivity index (χ2n) is 4.93. The second kappa shape index (κ2) is 3.91. The lowest BCUT2D eigenvalue weighted by molar-refractivity contribution is -0.112. The SMILES string of the molecule is CC1=NN(C)CC1(C=O)n1ccc2cc(F)ccc21. The highest BCUT2D eigenvalue weighted by molar-refractivity contribution is 6.05. The van der Waals surface area contributed by atoms with Gasteiger partial charge in [0.25, 0.3) is 0 Å². The molecule has 0 fully saturated rings. The highest BCUT2D eigenvalue weighted by Crippen LogP contribution is 2.29. The summed E-state index contributed by atoms with van der Waals surface area (Å²) in [6, 6.07) is 6.38. The first kappa shape index (κ1) is 11.9. The molecule has 5 heteroatoms. The lowest BCUT2D eigenvalue weighted by Gasteiger charge is -2.26. The number of fused-ring (bicyclic) bond motifs is 1. The molecule has 0 saturated heterocycles. The zero-order valence-corrected chi connectivity index (χ0v) is 10.8. The summed E-state index contributed by atoms with van der Waals surface area (Å²) >= 11 is 0. The summed E-state index contributed by atoms with van der Waals surface area (Å²) < 4.78 is 15.1. The van der Waals surface area contributed by atoms with Gasteiger partial charge in [0.15, 0.2) is 11.8 Å². The molecule has 1 aromatic heterocycles. The molecule has 2 heterocycles. The highest BCUT2D eigenvalue weighted by Gasteiger charge is 2.41. The second-order valence-corrected chi connectivity index (χ2v) is 4.93. The Morgan fingerprint density at radius 2 is 2.21 bits per heavy atom. The number of rotatable bonds is 2. The molecule has 0 radical (unpaired) electrons. The highest BCUT2D eigenvalue weighted by atomic mass is 19.1. The van der Waals surface area contributed by atoms with Crippen LogP contribution in [0.15, 0.2) is 35.6 Å². The van der Waals surface area contributed by atoms with Gasteiger partial charge in [0.05, 0.1) is 12.3 Å². The van der Waals surface area contributed by atoms with Crippen molar-refractivity contribution in [2.75, 3.05) is 13.6 Å². The van der Waals surface area contributed by atoms with Crippen LogP contribution in [0.4, 0.5) is 4.39 Å². The van der Waals surface area contributed by atoms with E-state index in [9.17, 15) is 9.18 Å². The van der Waals surface area contributed by atoms with E-state index < -0.39 is 5.54 Å². The topological polar surface area (TPSA) is 37.6 Å². The molecule has 0 amide bonds. The van der Waals surface area contributed by atoms with Crippen LogP contribution in [0.25, 0.3) is 10.9 Å². The van der Waals surface area contributed by atoms with Gasteiger partial charge in [-0.25, -0.2) is 4.39 Å². The number of nitrogens with zero attached hydrogens (tertiary/aromatic N) is 3. The molecule has 19 heavy (non-hydrogen) atoms. The van der Waals surface area contributed by atoms with E-state index in [1.807, 2.05) is 30.8 Å². The number of halogens is 1. The number of carbonyl (C=O) groups excluding carboxylic acids is 1. The van der Waals surface area contributed by atoms with E-state index in [0.29, 0.717) is 6.54 Å². The maximum absolute atomic E-state index is 13.2. The van der Waals surface area contributed by atoms with Crippen molar-refractivity contribution in [1.29, 1.82) is 0 Å². The molecular formula is C14H14FN3O. The molecule has 4 nitrogen and oxygen atoms in total. The van der Waals surface area contributed by atoms with Gasteiger partial charge in [0.1, 0.15) is 5.82 Å². The Balaban J connectivity index is 2.24. The third-order valence-electron chi connectivity index (χ3n) is 3.69. The predicted molar refractivity (Wildman–Crippen MR) is 71.7 cm³/mol. The van der Waals surface area contributed by atoms with Crippen LogP contribution in [0, 0.1) is 5.82 Å². The molecule has 1 unspecified atom stereocenters. The molecule has 1 aliphatic heterocycles. The van der Waals surface area contributed by atoms with Gasteiger partial charge in [-0.3, -0.25) is 5.01 Å². The summed E-state index contributed by atoms with van der Waals surface area (Å²) in [6.45, 7) is 2.33. The molecule has 3 rings (SSSR count). The minimum atomic E-state index is -0.797. The van der Waals surface area contributed by atoms with Crippen molar-refractivity contribution in [2.24, 2.45) is 5.10 Å². The van der Waals surface area contributed by atoms with Crippen LogP contribution in [0.1, 0.15) is 6.92 Å². The molecule has 0 bridgehead atoms. The van der Waals surface area contributed by atoms with Gasteiger partial charge in [0, 0.05) is 24.1 Å². The van der Waals surface area contributed by atoms with Gasteiger partial charge >= 0.3 is 0 Å². The van der Waals surface area contributed by atoms with Crippen LogP contribution >= 0.6 is 0 Å². The van der Waals surface area contributed by atoms with E-state index in [2.05, 4.69) is 5.10 Å². The maximum Gasteiger partial charge on any atom is 0.159 e. The normalized spacial score (nSPS) is 22.9. The molecule has 0 aliphatic carbocycles. The molecule has 0 N–H and O–H groups in total. The molecule has 1 aliphatic rings. The number of aldehydes is 1. The number of hydrogen-bond acceptors (Lipinski definition) is 3. The number of likely N-dealkylation sites (N-methyl/N-ethyl adjacent to an activating group) is 1. The summed E-state index contributed by atoms with van der Waals surface area (Å²) in [5.41, 5.74) is 0.777. The molecule has 1 atom stereocenters. The third-order valence-corrected chi connectivity index (χ3v) is 3.69. The number of benzene rings is 1. The number of carbonyl (C=O) groups is 1. The molecule has 2 aromatic rings. The summed E-state index contributed by atoms with van der Waals surface area (Å²) in [5.74, 6) is -0.278. The number of hydrazone groups is 1. The van der Waals surface area contributed by atoms with Gasteiger partial charge in [-0.2, -0.15) is 5.10 Å². The van der Waals surface area contributed by atoms with Crippen molar-refractivity contribution in [3.05, 3.63) is 36.3 Å². The predicted octanol–water partition coefficient (Wildman–Crippen LogP) is 2.00. The van der Waals surface area contributed by atoms with E-state index >= 15 is 0 Å². The summed E-state index contributed by atoms with van der Waals surface area (Å²) in [5, 5.41) is 6.85. The Morgan fingerprint density at radius 3 is 2.84 bits per heavy atom. The molecule has 0 saturated carbocycles. The summed E-state index contributed by atoms with van der Waals surface area (Å²) in [6.07, 6.45) is 2.73. The van der Waals surface area contributed by atoms with Crippen LogP contribution in [-0.2, 0) is 10.3 Å². The number of hydrogen-bond donors (Lipinski definition) is 0. The lowest BCUT2D eigenvalue weighted by Crippen LogP contribution is -2.44. The van der Waals surface area contributed by atoms with E-state index in [1.165, 1.54) is 12.1 Å². The van der Waals surface area contributed by atoms with Gasteiger partial charge in [-0.15, -0.1) is 0 Å². The zero-order chi connectivity index (χ0) is 13.6. The summed E-state index contributed by atoms with van der Waals surface area (Å²) in [7, 11) is 1.83. The molecule has 1 aromatic carbocycles. The Labute approximate surface area is 110 Å². The Morgan fingerprint density at radius 1 is 1.42 bits per heavy atom. The zero-order valence-electron chi connectivity index (χ0n) is 10.8. The van der Waals surface area contributed by atoms with Crippen molar-refractivity contribution in [2.45, 2.75) is 12.5 Å². The average Bonchev–Trinajstić information content (AvgIpc) is 2.90. The average molecular weight is 259 g/mol. The maximum atomic E-state index is 13.2. The smallest absolute Gasteiger partial charge is 0.159 e. The fourth-order valence-corrected chi connectivity index (χ4v) is 2.73. The van der Waals surface area contributed by atoms with E-state index in [-0.39, 0.29) is 5.82 Å². The van der Waals surface area contributed by atoms with Crippen molar-refractivity contribution >= 4 is 22.9 Å². The van der Waals surface area contributed by atoms with Crippen molar-refractivity contribution in [3.8, 4) is 0 Å². The molecule has 98 valence electrons. The molecule has 0 spiro atoms. The lowest BCUT2D eigenvalue weighted by atomic mass is 9.96. The van der Waals surface area contributed by atoms with Crippen LogP contribution in [-0.4, -0.2) is 35.2 Å². The first-order chi connectivity index (χ1) is 9.06. The standard InChI is InChI=1S/C14H14FN3O/c1-10-14(9-19,8-17(2)16-10)18-6-5-11-7-12(15)3-4-13(11)18/h3-7,9H,8H2,1-2H3. The van der Waals surface area contributed by atoms with Crippen molar-refractivity contribution < 1.29 is 9.18 Å². The van der Waals surface area contributed by atoms with Crippen LogP contribution in [0.3, 0.4) is 0 Å². The summed E-state index contributed by atoms with van der Waals surface area (Å²) in [4.78, 5) is 11.7. The first-order valence-corrected chi connectivity index (χ1v) is 6.07. The Bertz CT molecular complexity index is 691. The monoisotopic (exact) mass is 259 g/mol. The van der Waals surface area contributed by atoms with Crippen molar-refractivity contribution in [1.82, 2.24) is 9.58 Å². The van der Waals surface area contributed by atoms with E-state index in [1.54, 1.807) is 11.1 Å². The van der Waals surface area contributed by atoms with Gasteiger partial charge in [-0.05, 0) is 31.2 Å². The third kappa shape index (κ3) is 1.58. The van der Waals surface area contributed by atoms with Crippen LogP contribution < -0.4 is 0 Å². The van der Waals surface area contributed by atoms with Crippen molar-refractivity contribution in [3.63, 3.8) is 0 Å². The van der Waals surface area contributed by atoms with Gasteiger partial charge < -0.3 is 9.36 Å². The Kier molecular flexibility index (Phi) is 2.45. The quantitative estimate of drug-likeness (QED) is 0.774. The van der Waals surface area contributed by atoms with E-state index in [4.69, 9.17) is 0 Å². The number of aromatic nitrogens is 1.